The third kappa shape index (κ3) is 4.24. The highest BCUT2D eigenvalue weighted by Crippen LogP contribution is 2.24. The Balaban J connectivity index is 2.86. The van der Waals surface area contributed by atoms with Crippen molar-refractivity contribution in [2.24, 2.45) is 0 Å². The van der Waals surface area contributed by atoms with Crippen molar-refractivity contribution >= 4 is 5.97 Å². The molecule has 1 atom stereocenters. The van der Waals surface area contributed by atoms with Gasteiger partial charge in [-0.2, -0.15) is 0 Å². The normalized spacial score (nSPS) is 12.5. The van der Waals surface area contributed by atoms with Crippen molar-refractivity contribution in [3.63, 3.8) is 0 Å². The number of carbonyl (C=O) groups is 1. The molecule has 0 bridgehead atoms. The highest BCUT2D eigenvalue weighted by atomic mass is 16.5. The molecule has 0 heterocycles. The molecule has 4 heteroatoms. The molecule has 0 radical (unpaired) electrons. The largest absolute Gasteiger partial charge is 0.496 e. The molecule has 0 aromatic heterocycles. The zero-order valence-electron chi connectivity index (χ0n) is 12.4. The number of nitrogens with zero attached hydrogens (tertiary/aromatic N) is 1. The van der Waals surface area contributed by atoms with Gasteiger partial charge in [0.2, 0.25) is 0 Å². The van der Waals surface area contributed by atoms with E-state index in [1.165, 1.54) is 11.1 Å². The fourth-order valence-electron chi connectivity index (χ4n) is 2.00. The number of rotatable bonds is 6. The van der Waals surface area contributed by atoms with Gasteiger partial charge >= 0.3 is 5.97 Å². The van der Waals surface area contributed by atoms with E-state index >= 15 is 0 Å². The minimum Gasteiger partial charge on any atom is -0.496 e. The average molecular weight is 265 g/mol. The molecule has 0 fully saturated rings. The van der Waals surface area contributed by atoms with E-state index in [1.807, 2.05) is 24.9 Å². The zero-order chi connectivity index (χ0) is 14.6. The smallest absolute Gasteiger partial charge is 0.304 e. The third-order valence-corrected chi connectivity index (χ3v) is 3.54. The number of hydrogen-bond donors (Lipinski definition) is 1. The fraction of sp³-hybridized carbons (Fsp3) is 0.533. The van der Waals surface area contributed by atoms with Gasteiger partial charge in [-0.1, -0.05) is 6.07 Å². The minimum atomic E-state index is -0.772. The van der Waals surface area contributed by atoms with Crippen molar-refractivity contribution in [2.75, 3.05) is 14.2 Å². The number of aryl methyl sites for hydroxylation is 2. The molecule has 1 aromatic carbocycles. The van der Waals surface area contributed by atoms with Crippen molar-refractivity contribution in [3.05, 3.63) is 28.8 Å². The fourth-order valence-corrected chi connectivity index (χ4v) is 2.00. The lowest BCUT2D eigenvalue weighted by atomic mass is 10.0. The van der Waals surface area contributed by atoms with E-state index in [2.05, 4.69) is 19.9 Å². The van der Waals surface area contributed by atoms with Gasteiger partial charge in [0.15, 0.2) is 0 Å². The van der Waals surface area contributed by atoms with E-state index in [9.17, 15) is 4.79 Å². The molecule has 1 N–H and O–H groups in total. The summed E-state index contributed by atoms with van der Waals surface area (Å²) in [4.78, 5) is 12.8. The summed E-state index contributed by atoms with van der Waals surface area (Å²) in [5, 5.41) is 8.83. The van der Waals surface area contributed by atoms with Crippen molar-refractivity contribution in [2.45, 2.75) is 39.8 Å². The van der Waals surface area contributed by atoms with Crippen LogP contribution >= 0.6 is 0 Å². The average Bonchev–Trinajstić information content (AvgIpc) is 2.32. The number of methoxy groups -OCH3 is 1. The van der Waals surface area contributed by atoms with Crippen LogP contribution < -0.4 is 4.74 Å². The number of aliphatic carboxylic acids is 1. The van der Waals surface area contributed by atoms with E-state index in [0.717, 1.165) is 11.3 Å². The lowest BCUT2D eigenvalue weighted by molar-refractivity contribution is -0.138. The lowest BCUT2D eigenvalue weighted by Crippen LogP contribution is -2.30. The van der Waals surface area contributed by atoms with Crippen LogP contribution in [0.5, 0.6) is 5.75 Å². The van der Waals surface area contributed by atoms with Gasteiger partial charge in [0.1, 0.15) is 5.75 Å². The van der Waals surface area contributed by atoms with Crippen LogP contribution in [0.1, 0.15) is 30.0 Å². The molecule has 4 nitrogen and oxygen atoms in total. The molecule has 1 aromatic rings. The van der Waals surface area contributed by atoms with Gasteiger partial charge in [-0.05, 0) is 45.0 Å². The molecule has 1 unspecified atom stereocenters. The first-order chi connectivity index (χ1) is 8.85. The predicted octanol–water partition coefficient (Wildman–Crippen LogP) is 2.61. The van der Waals surface area contributed by atoms with Crippen LogP contribution in [0.4, 0.5) is 0 Å². The number of ether oxygens (including phenoxy) is 1. The van der Waals surface area contributed by atoms with Crippen LogP contribution in [0.15, 0.2) is 12.1 Å². The van der Waals surface area contributed by atoms with Crippen LogP contribution in [0, 0.1) is 13.8 Å². The van der Waals surface area contributed by atoms with Gasteiger partial charge in [0.05, 0.1) is 13.5 Å². The standard InChI is InChI=1S/C15H23NO3/c1-10-6-13(14(19-5)7-11(10)2)9-16(4)12(3)8-15(17)18/h6-7,12H,8-9H2,1-5H3,(H,17,18). The number of hydrogen-bond acceptors (Lipinski definition) is 3. The first-order valence-electron chi connectivity index (χ1n) is 6.41. The summed E-state index contributed by atoms with van der Waals surface area (Å²) >= 11 is 0. The molecule has 1 rings (SSSR count). The van der Waals surface area contributed by atoms with Crippen LogP contribution in [0.3, 0.4) is 0 Å². The number of carboxylic acid groups (broad SMARTS) is 1. The van der Waals surface area contributed by atoms with Gasteiger partial charge in [0.25, 0.3) is 0 Å². The summed E-state index contributed by atoms with van der Waals surface area (Å²) in [5.74, 6) is 0.0869. The van der Waals surface area contributed by atoms with Crippen molar-refractivity contribution in [3.8, 4) is 5.75 Å². The summed E-state index contributed by atoms with van der Waals surface area (Å²) in [6.07, 6.45) is 0.143. The monoisotopic (exact) mass is 265 g/mol. The first kappa shape index (κ1) is 15.5. The van der Waals surface area contributed by atoms with E-state index in [-0.39, 0.29) is 12.5 Å². The molecule has 0 amide bonds. The Kier molecular flexibility index (Phi) is 5.36. The molecular formula is C15H23NO3. The van der Waals surface area contributed by atoms with Crippen LogP contribution in [0.2, 0.25) is 0 Å². The van der Waals surface area contributed by atoms with Gasteiger partial charge in [-0.3, -0.25) is 9.69 Å². The van der Waals surface area contributed by atoms with Crippen LogP contribution in [0.25, 0.3) is 0 Å². The Morgan fingerprint density at radius 1 is 1.37 bits per heavy atom. The minimum absolute atomic E-state index is 0.0104. The molecule has 106 valence electrons. The number of carboxylic acids is 1. The second kappa shape index (κ2) is 6.57. The Morgan fingerprint density at radius 2 is 1.95 bits per heavy atom. The third-order valence-electron chi connectivity index (χ3n) is 3.54. The molecule has 0 aliphatic carbocycles. The van der Waals surface area contributed by atoms with E-state index < -0.39 is 5.97 Å². The molecule has 0 aliphatic heterocycles. The van der Waals surface area contributed by atoms with Gasteiger partial charge in [-0.15, -0.1) is 0 Å². The summed E-state index contributed by atoms with van der Waals surface area (Å²) in [6, 6.07) is 4.13. The maximum atomic E-state index is 10.7. The molecule has 0 saturated carbocycles. The maximum Gasteiger partial charge on any atom is 0.304 e. The SMILES string of the molecule is COc1cc(C)c(C)cc1CN(C)C(C)CC(=O)O. The van der Waals surface area contributed by atoms with Gasteiger partial charge < -0.3 is 9.84 Å². The quantitative estimate of drug-likeness (QED) is 0.859. The second-order valence-corrected chi connectivity index (χ2v) is 5.11. The first-order valence-corrected chi connectivity index (χ1v) is 6.41. The van der Waals surface area contributed by atoms with Gasteiger partial charge in [-0.25, -0.2) is 0 Å². The second-order valence-electron chi connectivity index (χ2n) is 5.11. The Bertz CT molecular complexity index is 457. The topological polar surface area (TPSA) is 49.8 Å². The Hall–Kier alpha value is -1.55. The Morgan fingerprint density at radius 3 is 2.47 bits per heavy atom. The van der Waals surface area contributed by atoms with Crippen molar-refractivity contribution in [1.82, 2.24) is 4.90 Å². The lowest BCUT2D eigenvalue weighted by Gasteiger charge is -2.24. The summed E-state index contributed by atoms with van der Waals surface area (Å²) in [7, 11) is 3.59. The summed E-state index contributed by atoms with van der Waals surface area (Å²) < 4.78 is 5.40. The molecular weight excluding hydrogens is 242 g/mol. The van der Waals surface area contributed by atoms with Crippen LogP contribution in [-0.2, 0) is 11.3 Å². The summed E-state index contributed by atoms with van der Waals surface area (Å²) in [6.45, 7) is 6.72. The van der Waals surface area contributed by atoms with E-state index in [1.54, 1.807) is 7.11 Å². The van der Waals surface area contributed by atoms with Crippen LogP contribution in [-0.4, -0.2) is 36.2 Å². The predicted molar refractivity (Wildman–Crippen MR) is 75.6 cm³/mol. The van der Waals surface area contributed by atoms with Gasteiger partial charge in [0, 0.05) is 18.2 Å². The highest BCUT2D eigenvalue weighted by molar-refractivity contribution is 5.67. The molecule has 0 aliphatic rings. The molecule has 0 saturated heterocycles. The highest BCUT2D eigenvalue weighted by Gasteiger charge is 2.15. The molecule has 19 heavy (non-hydrogen) atoms. The van der Waals surface area contributed by atoms with E-state index in [4.69, 9.17) is 9.84 Å². The van der Waals surface area contributed by atoms with E-state index in [0.29, 0.717) is 6.54 Å². The van der Waals surface area contributed by atoms with Crippen molar-refractivity contribution in [1.29, 1.82) is 0 Å². The molecule has 0 spiro atoms. The Labute approximate surface area is 115 Å². The number of benzene rings is 1. The summed E-state index contributed by atoms with van der Waals surface area (Å²) in [5.41, 5.74) is 3.50. The zero-order valence-corrected chi connectivity index (χ0v) is 12.4. The van der Waals surface area contributed by atoms with Crippen molar-refractivity contribution < 1.29 is 14.6 Å². The maximum absolute atomic E-state index is 10.7.